The first-order valence-electron chi connectivity index (χ1n) is 9.07. The largest absolute Gasteiger partial charge is 0.341 e. The van der Waals surface area contributed by atoms with Gasteiger partial charge in [-0.15, -0.1) is 0 Å². The first-order chi connectivity index (χ1) is 14.0. The van der Waals surface area contributed by atoms with E-state index in [2.05, 4.69) is 23.5 Å². The van der Waals surface area contributed by atoms with Gasteiger partial charge in [-0.25, -0.2) is 9.37 Å². The number of para-hydroxylation sites is 1. The summed E-state index contributed by atoms with van der Waals surface area (Å²) in [6, 6.07) is 11.6. The highest BCUT2D eigenvalue weighted by Crippen LogP contribution is 2.24. The van der Waals surface area contributed by atoms with Gasteiger partial charge in [-0.1, -0.05) is 44.4 Å². The lowest BCUT2D eigenvalue weighted by Gasteiger charge is -2.18. The van der Waals surface area contributed by atoms with Crippen LogP contribution in [0.15, 0.2) is 84.3 Å². The number of carbonyl (C=O) groups excluding carboxylic acids is 1. The van der Waals surface area contributed by atoms with Crippen LogP contribution in [0.25, 0.3) is 16.7 Å². The fourth-order valence-electron chi connectivity index (χ4n) is 2.94. The highest BCUT2D eigenvalue weighted by molar-refractivity contribution is 5.96. The monoisotopic (exact) mass is 389 g/mol. The summed E-state index contributed by atoms with van der Waals surface area (Å²) in [6.07, 6.45) is 4.96. The number of nitrogens with one attached hydrogen (secondary N) is 1. The van der Waals surface area contributed by atoms with Crippen molar-refractivity contribution < 1.29 is 9.18 Å². The Morgan fingerprint density at radius 3 is 2.59 bits per heavy atom. The normalized spacial score (nSPS) is 11.3. The number of Topliss-reactive ketones (excluding diaryl/α,β-unsaturated/α-hetero) is 1. The Labute approximate surface area is 167 Å². The molecule has 0 aliphatic heterocycles. The molecule has 2 aromatic heterocycles. The van der Waals surface area contributed by atoms with Gasteiger partial charge in [-0.05, 0) is 30.4 Å². The van der Waals surface area contributed by atoms with Crippen molar-refractivity contribution in [3.63, 3.8) is 0 Å². The maximum absolute atomic E-state index is 14.5. The first kappa shape index (κ1) is 19.9. The standard InChI is InChI=1S/C23H20FN3O2/c1-4-10-15(5-2)25-21-14-20(29)17-13-18(24)22(19(28)6-3)26-23(17)27(21)16-11-8-7-9-12-16/h4-5,7-14,25H,1-2,6H2,3H3/b15-10+. The van der Waals surface area contributed by atoms with Crippen LogP contribution in [0.2, 0.25) is 0 Å². The van der Waals surface area contributed by atoms with Gasteiger partial charge in [0.1, 0.15) is 11.5 Å². The van der Waals surface area contributed by atoms with Crippen LogP contribution in [0.5, 0.6) is 0 Å². The van der Waals surface area contributed by atoms with E-state index in [0.717, 1.165) is 6.07 Å². The number of carbonyl (C=O) groups is 1. The molecule has 0 amide bonds. The minimum atomic E-state index is -0.805. The quantitative estimate of drug-likeness (QED) is 0.466. The average Bonchev–Trinajstić information content (AvgIpc) is 2.73. The van der Waals surface area contributed by atoms with Gasteiger partial charge in [0.2, 0.25) is 0 Å². The second-order valence-corrected chi connectivity index (χ2v) is 6.22. The Kier molecular flexibility index (Phi) is 5.83. The summed E-state index contributed by atoms with van der Waals surface area (Å²) in [6.45, 7) is 9.04. The van der Waals surface area contributed by atoms with E-state index in [-0.39, 0.29) is 23.1 Å². The highest BCUT2D eigenvalue weighted by atomic mass is 19.1. The van der Waals surface area contributed by atoms with E-state index in [4.69, 9.17) is 0 Å². The van der Waals surface area contributed by atoms with Crippen LogP contribution in [0, 0.1) is 5.82 Å². The zero-order chi connectivity index (χ0) is 21.0. The van der Waals surface area contributed by atoms with Crippen molar-refractivity contribution in [1.29, 1.82) is 0 Å². The van der Waals surface area contributed by atoms with E-state index in [9.17, 15) is 14.0 Å². The summed E-state index contributed by atoms with van der Waals surface area (Å²) in [5.74, 6) is -0.844. The molecule has 6 heteroatoms. The van der Waals surface area contributed by atoms with Crippen LogP contribution < -0.4 is 10.7 Å². The number of halogens is 1. The Hall–Kier alpha value is -3.80. The molecule has 3 aromatic rings. The molecule has 29 heavy (non-hydrogen) atoms. The van der Waals surface area contributed by atoms with Crippen molar-refractivity contribution in [3.05, 3.63) is 101 Å². The fraction of sp³-hybridized carbons (Fsp3) is 0.0870. The molecule has 146 valence electrons. The van der Waals surface area contributed by atoms with Gasteiger partial charge in [0.25, 0.3) is 0 Å². The lowest BCUT2D eigenvalue weighted by molar-refractivity contribution is 0.0979. The Morgan fingerprint density at radius 1 is 1.24 bits per heavy atom. The van der Waals surface area contributed by atoms with Crippen LogP contribution in [0.3, 0.4) is 0 Å². The molecule has 0 saturated heterocycles. The number of fused-ring (bicyclic) bond motifs is 1. The molecule has 2 heterocycles. The van der Waals surface area contributed by atoms with Crippen molar-refractivity contribution in [2.24, 2.45) is 0 Å². The fourth-order valence-corrected chi connectivity index (χ4v) is 2.94. The van der Waals surface area contributed by atoms with E-state index in [0.29, 0.717) is 17.2 Å². The molecular formula is C23H20FN3O2. The number of ketones is 1. The van der Waals surface area contributed by atoms with Gasteiger partial charge < -0.3 is 5.32 Å². The minimum Gasteiger partial charge on any atom is -0.341 e. The molecule has 5 nitrogen and oxygen atoms in total. The van der Waals surface area contributed by atoms with Crippen LogP contribution in [0.4, 0.5) is 10.2 Å². The molecule has 0 atom stereocenters. The Bertz CT molecular complexity index is 1190. The van der Waals surface area contributed by atoms with E-state index in [1.165, 1.54) is 6.07 Å². The van der Waals surface area contributed by atoms with E-state index in [1.807, 2.05) is 30.3 Å². The van der Waals surface area contributed by atoms with Gasteiger partial charge in [0.05, 0.1) is 5.39 Å². The molecule has 0 radical (unpaired) electrons. The third-order valence-electron chi connectivity index (χ3n) is 4.33. The SMILES string of the molecule is C=C/C=C(\C=C)Nc1cc(=O)c2cc(F)c(C(=O)CC)nc2n1-c1ccccc1. The highest BCUT2D eigenvalue weighted by Gasteiger charge is 2.19. The Balaban J connectivity index is 2.41. The summed E-state index contributed by atoms with van der Waals surface area (Å²) >= 11 is 0. The molecular weight excluding hydrogens is 369 g/mol. The minimum absolute atomic E-state index is 0.0809. The zero-order valence-electron chi connectivity index (χ0n) is 16.0. The molecule has 3 rings (SSSR count). The number of aromatic nitrogens is 2. The molecule has 0 saturated carbocycles. The molecule has 0 spiro atoms. The predicted octanol–water partition coefficient (Wildman–Crippen LogP) is 4.79. The van der Waals surface area contributed by atoms with Crippen LogP contribution in [-0.2, 0) is 0 Å². The van der Waals surface area contributed by atoms with Crippen LogP contribution in [0.1, 0.15) is 23.8 Å². The van der Waals surface area contributed by atoms with Crippen molar-refractivity contribution >= 4 is 22.6 Å². The van der Waals surface area contributed by atoms with Gasteiger partial charge >= 0.3 is 0 Å². The number of hydrogen-bond acceptors (Lipinski definition) is 4. The smallest absolute Gasteiger partial charge is 0.193 e. The summed E-state index contributed by atoms with van der Waals surface area (Å²) in [5.41, 5.74) is 0.781. The van der Waals surface area contributed by atoms with Gasteiger partial charge in [0, 0.05) is 23.9 Å². The van der Waals surface area contributed by atoms with E-state index >= 15 is 0 Å². The molecule has 0 fully saturated rings. The summed E-state index contributed by atoms with van der Waals surface area (Å²) < 4.78 is 16.1. The number of allylic oxidation sites excluding steroid dienone is 3. The van der Waals surface area contributed by atoms with Gasteiger partial charge in [-0.3, -0.25) is 14.2 Å². The number of anilines is 1. The average molecular weight is 389 g/mol. The number of rotatable bonds is 7. The number of hydrogen-bond donors (Lipinski definition) is 1. The number of pyridine rings is 2. The Morgan fingerprint density at radius 2 is 1.97 bits per heavy atom. The predicted molar refractivity (Wildman–Crippen MR) is 114 cm³/mol. The number of benzene rings is 1. The van der Waals surface area contributed by atoms with Gasteiger partial charge in [-0.2, -0.15) is 0 Å². The maximum Gasteiger partial charge on any atom is 0.193 e. The molecule has 0 unspecified atom stereocenters. The third kappa shape index (κ3) is 3.91. The summed E-state index contributed by atoms with van der Waals surface area (Å²) in [7, 11) is 0. The molecule has 1 N–H and O–H groups in total. The zero-order valence-corrected chi connectivity index (χ0v) is 16.0. The molecule has 1 aromatic carbocycles. The van der Waals surface area contributed by atoms with E-state index in [1.54, 1.807) is 29.7 Å². The molecule has 0 aliphatic carbocycles. The van der Waals surface area contributed by atoms with Crippen molar-refractivity contribution in [2.45, 2.75) is 13.3 Å². The van der Waals surface area contributed by atoms with Crippen molar-refractivity contribution in [1.82, 2.24) is 9.55 Å². The second-order valence-electron chi connectivity index (χ2n) is 6.22. The summed E-state index contributed by atoms with van der Waals surface area (Å²) in [4.78, 5) is 29.1. The molecule has 0 aliphatic rings. The first-order valence-corrected chi connectivity index (χ1v) is 9.07. The lowest BCUT2D eigenvalue weighted by Crippen LogP contribution is -2.17. The second kappa shape index (κ2) is 8.48. The van der Waals surface area contributed by atoms with Crippen LogP contribution in [-0.4, -0.2) is 15.3 Å². The maximum atomic E-state index is 14.5. The van der Waals surface area contributed by atoms with Crippen molar-refractivity contribution in [2.75, 3.05) is 5.32 Å². The summed E-state index contributed by atoms with van der Waals surface area (Å²) in [5, 5.41) is 3.20. The van der Waals surface area contributed by atoms with Crippen molar-refractivity contribution in [3.8, 4) is 5.69 Å². The topological polar surface area (TPSA) is 64.0 Å². The van der Waals surface area contributed by atoms with Gasteiger partial charge in [0.15, 0.2) is 22.7 Å². The van der Waals surface area contributed by atoms with Crippen LogP contribution >= 0.6 is 0 Å². The lowest BCUT2D eigenvalue weighted by atomic mass is 10.1. The molecule has 0 bridgehead atoms. The van der Waals surface area contributed by atoms with E-state index < -0.39 is 17.0 Å². The third-order valence-corrected chi connectivity index (χ3v) is 4.33. The number of nitrogens with zero attached hydrogens (tertiary/aromatic N) is 2.